The summed E-state index contributed by atoms with van der Waals surface area (Å²) in [6.45, 7) is 0. The van der Waals surface area contributed by atoms with E-state index in [0.29, 0.717) is 12.5 Å². The zero-order valence-corrected chi connectivity index (χ0v) is 10.8. The number of nitrogens with one attached hydrogen (secondary N) is 1. The molecule has 5 nitrogen and oxygen atoms in total. The fourth-order valence-corrected chi connectivity index (χ4v) is 2.75. The van der Waals surface area contributed by atoms with Crippen LogP contribution in [0, 0.1) is 0 Å². The zero-order chi connectivity index (χ0) is 13.0. The molecule has 100 valence electrons. The maximum atomic E-state index is 11.4. The van der Waals surface area contributed by atoms with Crippen molar-refractivity contribution in [3.8, 4) is 0 Å². The van der Waals surface area contributed by atoms with Gasteiger partial charge in [0.15, 0.2) is 0 Å². The summed E-state index contributed by atoms with van der Waals surface area (Å²) < 4.78 is 0. The molecule has 1 aromatic rings. The van der Waals surface area contributed by atoms with Crippen LogP contribution >= 0.6 is 0 Å². The maximum absolute atomic E-state index is 11.4. The lowest BCUT2D eigenvalue weighted by Crippen LogP contribution is -2.46. The highest BCUT2D eigenvalue weighted by Crippen LogP contribution is 2.23. The number of imidazole rings is 1. The number of H-pyrrole nitrogens is 1. The van der Waals surface area contributed by atoms with Crippen molar-refractivity contribution in [3.05, 3.63) is 18.2 Å². The zero-order valence-electron chi connectivity index (χ0n) is 10.8. The van der Waals surface area contributed by atoms with Crippen LogP contribution in [0.2, 0.25) is 0 Å². The van der Waals surface area contributed by atoms with Gasteiger partial charge in [-0.1, -0.05) is 19.3 Å². The minimum absolute atomic E-state index is 0.405. The minimum Gasteiger partial charge on any atom is -0.480 e. The average Bonchev–Trinajstić information content (AvgIpc) is 2.89. The van der Waals surface area contributed by atoms with E-state index in [-0.39, 0.29) is 0 Å². The normalized spacial score (nSPS) is 19.0. The Kier molecular flexibility index (Phi) is 4.36. The fourth-order valence-electron chi connectivity index (χ4n) is 2.75. The van der Waals surface area contributed by atoms with Crippen LogP contribution in [0.5, 0.6) is 0 Å². The molecule has 1 saturated carbocycles. The molecule has 0 radical (unpaired) electrons. The van der Waals surface area contributed by atoms with Crippen LogP contribution in [0.25, 0.3) is 0 Å². The number of aliphatic carboxylic acids is 1. The Labute approximate surface area is 107 Å². The molecule has 0 aromatic carbocycles. The SMILES string of the molecule is CN(C1CCCCC1)C(Cc1cnc[nH]1)C(=O)O. The second-order valence-electron chi connectivity index (χ2n) is 5.09. The van der Waals surface area contributed by atoms with E-state index in [1.165, 1.54) is 19.3 Å². The monoisotopic (exact) mass is 251 g/mol. The summed E-state index contributed by atoms with van der Waals surface area (Å²) in [5.74, 6) is -0.752. The van der Waals surface area contributed by atoms with Crippen molar-refractivity contribution in [1.82, 2.24) is 14.9 Å². The molecule has 1 aromatic heterocycles. The first-order chi connectivity index (χ1) is 8.68. The van der Waals surface area contributed by atoms with Gasteiger partial charge in [0.05, 0.1) is 6.33 Å². The van der Waals surface area contributed by atoms with Gasteiger partial charge >= 0.3 is 5.97 Å². The summed E-state index contributed by atoms with van der Waals surface area (Å²) in [5, 5.41) is 9.40. The van der Waals surface area contributed by atoms with E-state index in [9.17, 15) is 9.90 Å². The van der Waals surface area contributed by atoms with Crippen LogP contribution in [-0.2, 0) is 11.2 Å². The Bertz CT molecular complexity index is 372. The first kappa shape index (κ1) is 13.1. The predicted octanol–water partition coefficient (Wildman–Crippen LogP) is 1.67. The molecular formula is C13H21N3O2. The Hall–Kier alpha value is -1.36. The highest BCUT2D eigenvalue weighted by atomic mass is 16.4. The van der Waals surface area contributed by atoms with Crippen LogP contribution in [0.1, 0.15) is 37.8 Å². The molecule has 0 amide bonds. The van der Waals surface area contributed by atoms with Gasteiger partial charge in [0, 0.05) is 24.4 Å². The van der Waals surface area contributed by atoms with E-state index < -0.39 is 12.0 Å². The standard InChI is InChI=1S/C13H21N3O2/c1-16(11-5-3-2-4-6-11)12(13(17)18)7-10-8-14-9-15-10/h8-9,11-12H,2-7H2,1H3,(H,14,15)(H,17,18). The molecule has 1 unspecified atom stereocenters. The molecule has 1 atom stereocenters. The van der Waals surface area contributed by atoms with Gasteiger partial charge in [0.2, 0.25) is 0 Å². The number of carbonyl (C=O) groups is 1. The molecule has 0 saturated heterocycles. The lowest BCUT2D eigenvalue weighted by molar-refractivity contribution is -0.143. The third-order valence-electron chi connectivity index (χ3n) is 3.90. The second kappa shape index (κ2) is 6.00. The number of hydrogen-bond donors (Lipinski definition) is 2. The summed E-state index contributed by atoms with van der Waals surface area (Å²) in [7, 11) is 1.94. The molecule has 1 aliphatic carbocycles. The molecule has 0 bridgehead atoms. The van der Waals surface area contributed by atoms with Crippen LogP contribution in [0.15, 0.2) is 12.5 Å². The number of carboxylic acids is 1. The molecular weight excluding hydrogens is 230 g/mol. The Morgan fingerprint density at radius 1 is 1.56 bits per heavy atom. The quantitative estimate of drug-likeness (QED) is 0.835. The highest BCUT2D eigenvalue weighted by molar-refractivity contribution is 5.73. The molecule has 2 rings (SSSR count). The number of aromatic nitrogens is 2. The first-order valence-electron chi connectivity index (χ1n) is 6.60. The van der Waals surface area contributed by atoms with E-state index >= 15 is 0 Å². The molecule has 1 fully saturated rings. The Morgan fingerprint density at radius 2 is 2.28 bits per heavy atom. The van der Waals surface area contributed by atoms with Crippen molar-refractivity contribution in [1.29, 1.82) is 0 Å². The minimum atomic E-state index is -0.752. The van der Waals surface area contributed by atoms with E-state index in [4.69, 9.17) is 0 Å². The summed E-state index contributed by atoms with van der Waals surface area (Å²) in [5.41, 5.74) is 0.880. The molecule has 18 heavy (non-hydrogen) atoms. The van der Waals surface area contributed by atoms with Crippen molar-refractivity contribution in [2.24, 2.45) is 0 Å². The summed E-state index contributed by atoms with van der Waals surface area (Å²) >= 11 is 0. The van der Waals surface area contributed by atoms with Crippen LogP contribution in [0.4, 0.5) is 0 Å². The largest absolute Gasteiger partial charge is 0.480 e. The highest BCUT2D eigenvalue weighted by Gasteiger charge is 2.29. The van der Waals surface area contributed by atoms with Gasteiger partial charge in [0.25, 0.3) is 0 Å². The van der Waals surface area contributed by atoms with E-state index in [2.05, 4.69) is 9.97 Å². The number of nitrogens with zero attached hydrogens (tertiary/aromatic N) is 2. The predicted molar refractivity (Wildman–Crippen MR) is 68.4 cm³/mol. The van der Waals surface area contributed by atoms with Crippen LogP contribution < -0.4 is 0 Å². The Morgan fingerprint density at radius 3 is 2.83 bits per heavy atom. The van der Waals surface area contributed by atoms with Crippen LogP contribution in [-0.4, -0.2) is 45.1 Å². The lowest BCUT2D eigenvalue weighted by atomic mass is 9.93. The third kappa shape index (κ3) is 3.10. The smallest absolute Gasteiger partial charge is 0.321 e. The van der Waals surface area contributed by atoms with E-state index in [0.717, 1.165) is 18.5 Å². The molecule has 0 aliphatic heterocycles. The van der Waals surface area contributed by atoms with Crippen LogP contribution in [0.3, 0.4) is 0 Å². The number of carboxylic acid groups (broad SMARTS) is 1. The second-order valence-corrected chi connectivity index (χ2v) is 5.09. The summed E-state index contributed by atoms with van der Waals surface area (Å²) in [6.07, 6.45) is 9.72. The van der Waals surface area contributed by atoms with Crippen molar-refractivity contribution in [3.63, 3.8) is 0 Å². The van der Waals surface area contributed by atoms with Gasteiger partial charge in [0.1, 0.15) is 6.04 Å². The van der Waals surface area contributed by atoms with Gasteiger partial charge in [-0.3, -0.25) is 9.69 Å². The van der Waals surface area contributed by atoms with Crippen molar-refractivity contribution in [2.75, 3.05) is 7.05 Å². The van der Waals surface area contributed by atoms with Gasteiger partial charge in [-0.25, -0.2) is 4.98 Å². The molecule has 2 N–H and O–H groups in total. The maximum Gasteiger partial charge on any atom is 0.321 e. The molecule has 0 spiro atoms. The number of likely N-dealkylation sites (N-methyl/N-ethyl adjacent to an activating group) is 1. The lowest BCUT2D eigenvalue weighted by Gasteiger charge is -2.35. The van der Waals surface area contributed by atoms with Gasteiger partial charge in [-0.2, -0.15) is 0 Å². The third-order valence-corrected chi connectivity index (χ3v) is 3.90. The van der Waals surface area contributed by atoms with Crippen molar-refractivity contribution >= 4 is 5.97 Å². The van der Waals surface area contributed by atoms with Crippen molar-refractivity contribution < 1.29 is 9.90 Å². The average molecular weight is 251 g/mol. The van der Waals surface area contributed by atoms with Gasteiger partial charge in [-0.15, -0.1) is 0 Å². The Balaban J connectivity index is 2.01. The molecule has 1 heterocycles. The van der Waals surface area contributed by atoms with E-state index in [1.807, 2.05) is 11.9 Å². The topological polar surface area (TPSA) is 69.2 Å². The first-order valence-corrected chi connectivity index (χ1v) is 6.60. The van der Waals surface area contributed by atoms with E-state index in [1.54, 1.807) is 12.5 Å². The summed E-state index contributed by atoms with van der Waals surface area (Å²) in [6, 6.07) is -0.0590. The molecule has 1 aliphatic rings. The number of aromatic amines is 1. The van der Waals surface area contributed by atoms with Gasteiger partial charge in [-0.05, 0) is 19.9 Å². The van der Waals surface area contributed by atoms with Gasteiger partial charge < -0.3 is 10.1 Å². The number of rotatable bonds is 5. The summed E-state index contributed by atoms with van der Waals surface area (Å²) in [4.78, 5) is 20.4. The molecule has 5 heteroatoms. The van der Waals surface area contributed by atoms with Crippen molar-refractivity contribution in [2.45, 2.75) is 50.6 Å². The number of hydrogen-bond acceptors (Lipinski definition) is 3. The fraction of sp³-hybridized carbons (Fsp3) is 0.692.